The third-order valence-electron chi connectivity index (χ3n) is 3.96. The summed E-state index contributed by atoms with van der Waals surface area (Å²) in [5, 5.41) is 2.94. The average molecular weight is 260 g/mol. The third-order valence-corrected chi connectivity index (χ3v) is 3.96. The van der Waals surface area contributed by atoms with E-state index in [1.54, 1.807) is 0 Å². The highest BCUT2D eigenvalue weighted by Crippen LogP contribution is 2.29. The maximum Gasteiger partial charge on any atom is 0.244 e. The topological polar surface area (TPSA) is 55.1 Å². The van der Waals surface area contributed by atoms with E-state index < -0.39 is 5.54 Å². The van der Waals surface area contributed by atoms with E-state index in [-0.39, 0.29) is 11.3 Å². The van der Waals surface area contributed by atoms with Gasteiger partial charge >= 0.3 is 0 Å². The number of nitrogens with one attached hydrogen (secondary N) is 1. The Labute approximate surface area is 115 Å². The van der Waals surface area contributed by atoms with Gasteiger partial charge in [-0.25, -0.2) is 0 Å². The van der Waals surface area contributed by atoms with Crippen molar-refractivity contribution >= 4 is 11.6 Å². The van der Waals surface area contributed by atoms with Crippen molar-refractivity contribution in [3.8, 4) is 0 Å². The zero-order valence-corrected chi connectivity index (χ0v) is 12.1. The zero-order valence-electron chi connectivity index (χ0n) is 12.1. The minimum absolute atomic E-state index is 0.0477. The monoisotopic (exact) mass is 260 g/mol. The Balaban J connectivity index is 2.06. The van der Waals surface area contributed by atoms with Gasteiger partial charge in [-0.2, -0.15) is 0 Å². The summed E-state index contributed by atoms with van der Waals surface area (Å²) in [6.07, 6.45) is 3.68. The number of rotatable bonds is 2. The van der Waals surface area contributed by atoms with Crippen molar-refractivity contribution in [2.24, 2.45) is 5.73 Å². The molecule has 1 fully saturated rings. The molecule has 0 spiro atoms. The molecule has 2 rings (SSSR count). The molecule has 3 heteroatoms. The lowest BCUT2D eigenvalue weighted by molar-refractivity contribution is -0.121. The standard InChI is InChI=1S/C16H24N2O/c1-15(2,3)12-6-8-13(9-7-12)18-14(19)16(17)10-4-5-11-16/h6-9H,4-5,10-11,17H2,1-3H3,(H,18,19). The van der Waals surface area contributed by atoms with Gasteiger partial charge in [0.1, 0.15) is 0 Å². The predicted molar refractivity (Wildman–Crippen MR) is 79.2 cm³/mol. The second-order valence-electron chi connectivity index (χ2n) is 6.64. The summed E-state index contributed by atoms with van der Waals surface area (Å²) in [7, 11) is 0. The summed E-state index contributed by atoms with van der Waals surface area (Å²) in [6, 6.07) is 8.04. The second-order valence-corrected chi connectivity index (χ2v) is 6.64. The summed E-state index contributed by atoms with van der Waals surface area (Å²) >= 11 is 0. The number of carbonyl (C=O) groups is 1. The van der Waals surface area contributed by atoms with Gasteiger partial charge in [0, 0.05) is 5.69 Å². The maximum atomic E-state index is 12.2. The normalized spacial score (nSPS) is 18.3. The molecule has 0 aliphatic heterocycles. The van der Waals surface area contributed by atoms with E-state index in [0.717, 1.165) is 31.4 Å². The van der Waals surface area contributed by atoms with Crippen LogP contribution in [-0.4, -0.2) is 11.4 Å². The fourth-order valence-corrected chi connectivity index (χ4v) is 2.54. The number of hydrogen-bond donors (Lipinski definition) is 2. The van der Waals surface area contributed by atoms with Crippen molar-refractivity contribution in [2.45, 2.75) is 57.4 Å². The average Bonchev–Trinajstić information content (AvgIpc) is 2.77. The number of anilines is 1. The second kappa shape index (κ2) is 4.97. The van der Waals surface area contributed by atoms with E-state index in [0.29, 0.717) is 0 Å². The van der Waals surface area contributed by atoms with Crippen LogP contribution in [-0.2, 0) is 10.2 Å². The molecular formula is C16H24N2O. The number of carbonyl (C=O) groups excluding carboxylic acids is 1. The van der Waals surface area contributed by atoms with Gasteiger partial charge in [0.25, 0.3) is 0 Å². The number of nitrogens with two attached hydrogens (primary N) is 1. The molecule has 3 N–H and O–H groups in total. The molecule has 0 unspecified atom stereocenters. The third kappa shape index (κ3) is 3.16. The van der Waals surface area contributed by atoms with Gasteiger partial charge in [-0.3, -0.25) is 4.79 Å². The summed E-state index contributed by atoms with van der Waals surface area (Å²) in [5.74, 6) is -0.0477. The Morgan fingerprint density at radius 1 is 1.16 bits per heavy atom. The molecule has 19 heavy (non-hydrogen) atoms. The number of amides is 1. The molecule has 0 radical (unpaired) electrons. The van der Waals surface area contributed by atoms with Crippen molar-refractivity contribution in [2.75, 3.05) is 5.32 Å². The van der Waals surface area contributed by atoms with Crippen molar-refractivity contribution in [1.29, 1.82) is 0 Å². The van der Waals surface area contributed by atoms with E-state index in [4.69, 9.17) is 5.73 Å². The molecule has 1 aromatic carbocycles. The van der Waals surface area contributed by atoms with E-state index in [2.05, 4.69) is 38.2 Å². The van der Waals surface area contributed by atoms with Crippen molar-refractivity contribution in [1.82, 2.24) is 0 Å². The number of hydrogen-bond acceptors (Lipinski definition) is 2. The van der Waals surface area contributed by atoms with E-state index >= 15 is 0 Å². The van der Waals surface area contributed by atoms with Gasteiger partial charge in [0.2, 0.25) is 5.91 Å². The lowest BCUT2D eigenvalue weighted by Crippen LogP contribution is -2.48. The first-order chi connectivity index (χ1) is 8.81. The Morgan fingerprint density at radius 3 is 2.16 bits per heavy atom. The minimum Gasteiger partial charge on any atom is -0.324 e. The lowest BCUT2D eigenvalue weighted by Gasteiger charge is -2.23. The summed E-state index contributed by atoms with van der Waals surface area (Å²) in [5.41, 5.74) is 7.69. The molecule has 1 saturated carbocycles. The van der Waals surface area contributed by atoms with E-state index in [1.807, 2.05) is 12.1 Å². The summed E-state index contributed by atoms with van der Waals surface area (Å²) < 4.78 is 0. The molecule has 104 valence electrons. The first-order valence-corrected chi connectivity index (χ1v) is 7.02. The van der Waals surface area contributed by atoms with Crippen molar-refractivity contribution in [3.05, 3.63) is 29.8 Å². The van der Waals surface area contributed by atoms with Crippen LogP contribution in [0.25, 0.3) is 0 Å². The van der Waals surface area contributed by atoms with Gasteiger partial charge in [0.15, 0.2) is 0 Å². The Kier molecular flexibility index (Phi) is 3.68. The smallest absolute Gasteiger partial charge is 0.244 e. The van der Waals surface area contributed by atoms with Gasteiger partial charge in [-0.1, -0.05) is 45.7 Å². The van der Waals surface area contributed by atoms with Crippen LogP contribution in [0.3, 0.4) is 0 Å². The fraction of sp³-hybridized carbons (Fsp3) is 0.562. The molecule has 0 atom stereocenters. The molecule has 0 saturated heterocycles. The summed E-state index contributed by atoms with van der Waals surface area (Å²) in [6.45, 7) is 6.52. The van der Waals surface area contributed by atoms with E-state index in [9.17, 15) is 4.79 Å². The van der Waals surface area contributed by atoms with E-state index in [1.165, 1.54) is 5.56 Å². The van der Waals surface area contributed by atoms with Crippen LogP contribution in [0.4, 0.5) is 5.69 Å². The highest BCUT2D eigenvalue weighted by molar-refractivity contribution is 5.98. The lowest BCUT2D eigenvalue weighted by atomic mass is 9.87. The molecule has 1 amide bonds. The van der Waals surface area contributed by atoms with Crippen LogP contribution in [0.1, 0.15) is 52.0 Å². The number of benzene rings is 1. The molecule has 0 aromatic heterocycles. The van der Waals surface area contributed by atoms with Crippen molar-refractivity contribution in [3.63, 3.8) is 0 Å². The first-order valence-electron chi connectivity index (χ1n) is 7.02. The summed E-state index contributed by atoms with van der Waals surface area (Å²) in [4.78, 5) is 12.2. The predicted octanol–water partition coefficient (Wildman–Crippen LogP) is 3.19. The molecule has 1 aromatic rings. The Bertz CT molecular complexity index is 451. The van der Waals surface area contributed by atoms with Crippen LogP contribution in [0.5, 0.6) is 0 Å². The SMILES string of the molecule is CC(C)(C)c1ccc(NC(=O)C2(N)CCCC2)cc1. The Morgan fingerprint density at radius 2 is 1.68 bits per heavy atom. The molecule has 0 heterocycles. The van der Waals surface area contributed by atoms with Gasteiger partial charge in [-0.05, 0) is 36.0 Å². The van der Waals surface area contributed by atoms with Crippen LogP contribution in [0.15, 0.2) is 24.3 Å². The molecular weight excluding hydrogens is 236 g/mol. The van der Waals surface area contributed by atoms with Crippen LogP contribution in [0.2, 0.25) is 0 Å². The highest BCUT2D eigenvalue weighted by Gasteiger charge is 2.36. The highest BCUT2D eigenvalue weighted by atomic mass is 16.2. The van der Waals surface area contributed by atoms with Crippen LogP contribution < -0.4 is 11.1 Å². The molecule has 1 aliphatic rings. The molecule has 3 nitrogen and oxygen atoms in total. The van der Waals surface area contributed by atoms with Gasteiger partial charge in [0.05, 0.1) is 5.54 Å². The maximum absolute atomic E-state index is 12.2. The van der Waals surface area contributed by atoms with Crippen LogP contribution in [0, 0.1) is 0 Å². The minimum atomic E-state index is -0.664. The quantitative estimate of drug-likeness (QED) is 0.858. The molecule has 1 aliphatic carbocycles. The van der Waals surface area contributed by atoms with Crippen LogP contribution >= 0.6 is 0 Å². The Hall–Kier alpha value is -1.35. The van der Waals surface area contributed by atoms with Gasteiger partial charge in [-0.15, -0.1) is 0 Å². The van der Waals surface area contributed by atoms with Gasteiger partial charge < -0.3 is 11.1 Å². The molecule has 0 bridgehead atoms. The van der Waals surface area contributed by atoms with Crippen molar-refractivity contribution < 1.29 is 4.79 Å². The fourth-order valence-electron chi connectivity index (χ4n) is 2.54. The first kappa shape index (κ1) is 14.1. The zero-order chi connectivity index (χ0) is 14.1. The largest absolute Gasteiger partial charge is 0.324 e.